The van der Waals surface area contributed by atoms with Crippen molar-refractivity contribution in [3.05, 3.63) is 53.7 Å². The van der Waals surface area contributed by atoms with Gasteiger partial charge in [0.1, 0.15) is 11.6 Å². The van der Waals surface area contributed by atoms with Crippen LogP contribution in [0.4, 0.5) is 5.82 Å². The van der Waals surface area contributed by atoms with Crippen molar-refractivity contribution >= 4 is 11.5 Å². The predicted octanol–water partition coefficient (Wildman–Crippen LogP) is 3.96. The Morgan fingerprint density at radius 2 is 1.95 bits per heavy atom. The van der Waals surface area contributed by atoms with E-state index in [1.165, 1.54) is 0 Å². The standard InChI is InChI=1S/C18H23N3O/c1-4-22-15-9-7-14(8-10-15)17(19)16-6-5-11-20-18(16)21-12-13(2)3/h5-11,13,19H,4,12H2,1-3H3,(H,20,21). The average molecular weight is 297 g/mol. The van der Waals surface area contributed by atoms with Crippen molar-refractivity contribution in [2.45, 2.75) is 20.8 Å². The highest BCUT2D eigenvalue weighted by Gasteiger charge is 2.11. The number of hydrogen-bond donors (Lipinski definition) is 2. The normalized spacial score (nSPS) is 10.5. The lowest BCUT2D eigenvalue weighted by Gasteiger charge is -2.13. The second-order valence-electron chi connectivity index (χ2n) is 5.51. The number of hydrogen-bond acceptors (Lipinski definition) is 4. The molecular weight excluding hydrogens is 274 g/mol. The topological polar surface area (TPSA) is 58.0 Å². The quantitative estimate of drug-likeness (QED) is 0.760. The zero-order chi connectivity index (χ0) is 15.9. The third kappa shape index (κ3) is 4.07. The van der Waals surface area contributed by atoms with E-state index in [0.717, 1.165) is 29.2 Å². The molecule has 4 nitrogen and oxygen atoms in total. The van der Waals surface area contributed by atoms with E-state index < -0.39 is 0 Å². The van der Waals surface area contributed by atoms with Gasteiger partial charge in [-0.15, -0.1) is 0 Å². The van der Waals surface area contributed by atoms with Gasteiger partial charge in [0.15, 0.2) is 0 Å². The third-order valence-electron chi connectivity index (χ3n) is 3.21. The monoisotopic (exact) mass is 297 g/mol. The number of rotatable bonds is 7. The van der Waals surface area contributed by atoms with Crippen LogP contribution >= 0.6 is 0 Å². The fraction of sp³-hybridized carbons (Fsp3) is 0.333. The minimum absolute atomic E-state index is 0.461. The summed E-state index contributed by atoms with van der Waals surface area (Å²) in [5.74, 6) is 2.10. The lowest BCUT2D eigenvalue weighted by Crippen LogP contribution is -2.13. The Balaban J connectivity index is 2.21. The van der Waals surface area contributed by atoms with Gasteiger partial charge in [-0.1, -0.05) is 13.8 Å². The highest BCUT2D eigenvalue weighted by Crippen LogP contribution is 2.19. The maximum absolute atomic E-state index is 8.45. The Bertz CT molecular complexity index is 620. The lowest BCUT2D eigenvalue weighted by molar-refractivity contribution is 0.340. The summed E-state index contributed by atoms with van der Waals surface area (Å²) in [4.78, 5) is 4.37. The van der Waals surface area contributed by atoms with Crippen molar-refractivity contribution in [2.24, 2.45) is 5.92 Å². The largest absolute Gasteiger partial charge is 0.494 e. The molecule has 0 saturated heterocycles. The van der Waals surface area contributed by atoms with Crippen molar-refractivity contribution in [1.29, 1.82) is 5.41 Å². The van der Waals surface area contributed by atoms with E-state index in [0.29, 0.717) is 18.2 Å². The molecule has 0 unspecified atom stereocenters. The summed E-state index contributed by atoms with van der Waals surface area (Å²) in [5, 5.41) is 11.8. The minimum atomic E-state index is 0.461. The molecule has 0 aliphatic carbocycles. The molecule has 1 heterocycles. The van der Waals surface area contributed by atoms with Crippen LogP contribution in [-0.2, 0) is 0 Å². The summed E-state index contributed by atoms with van der Waals surface area (Å²) in [7, 11) is 0. The molecule has 0 aliphatic heterocycles. The smallest absolute Gasteiger partial charge is 0.135 e. The molecule has 0 bridgehead atoms. The molecule has 116 valence electrons. The summed E-state index contributed by atoms with van der Waals surface area (Å²) in [6.45, 7) is 7.72. The first-order chi connectivity index (χ1) is 10.6. The van der Waals surface area contributed by atoms with E-state index in [1.54, 1.807) is 6.20 Å². The highest BCUT2D eigenvalue weighted by atomic mass is 16.5. The zero-order valence-electron chi connectivity index (χ0n) is 13.4. The number of nitrogens with one attached hydrogen (secondary N) is 2. The van der Waals surface area contributed by atoms with Crippen molar-refractivity contribution < 1.29 is 4.74 Å². The van der Waals surface area contributed by atoms with Gasteiger partial charge >= 0.3 is 0 Å². The summed E-state index contributed by atoms with van der Waals surface area (Å²) in [5.41, 5.74) is 2.12. The van der Waals surface area contributed by atoms with Crippen LogP contribution in [0.5, 0.6) is 5.75 Å². The Hall–Kier alpha value is -2.36. The minimum Gasteiger partial charge on any atom is -0.494 e. The summed E-state index contributed by atoms with van der Waals surface area (Å²) in [6, 6.07) is 11.4. The van der Waals surface area contributed by atoms with Gasteiger partial charge in [-0.2, -0.15) is 0 Å². The van der Waals surface area contributed by atoms with Crippen LogP contribution in [-0.4, -0.2) is 23.8 Å². The lowest BCUT2D eigenvalue weighted by atomic mass is 10.0. The number of ether oxygens (including phenoxy) is 1. The van der Waals surface area contributed by atoms with Crippen molar-refractivity contribution in [3.63, 3.8) is 0 Å². The molecule has 0 fully saturated rings. The Kier molecular flexibility index (Phi) is 5.53. The second kappa shape index (κ2) is 7.59. The van der Waals surface area contributed by atoms with Gasteiger partial charge in [-0.25, -0.2) is 4.98 Å². The molecule has 0 saturated carbocycles. The number of aromatic nitrogens is 1. The van der Waals surface area contributed by atoms with E-state index in [4.69, 9.17) is 10.1 Å². The molecule has 22 heavy (non-hydrogen) atoms. The molecule has 2 aromatic rings. The average Bonchev–Trinajstić information content (AvgIpc) is 2.53. The van der Waals surface area contributed by atoms with Gasteiger partial charge in [-0.3, -0.25) is 5.41 Å². The number of anilines is 1. The highest BCUT2D eigenvalue weighted by molar-refractivity contribution is 6.13. The SMILES string of the molecule is CCOc1ccc(C(=N)c2cccnc2NCC(C)C)cc1. The van der Waals surface area contributed by atoms with Crippen LogP contribution in [0, 0.1) is 11.3 Å². The van der Waals surface area contributed by atoms with E-state index in [1.807, 2.05) is 43.3 Å². The fourth-order valence-electron chi connectivity index (χ4n) is 2.09. The van der Waals surface area contributed by atoms with Gasteiger partial charge in [0.05, 0.1) is 12.3 Å². The van der Waals surface area contributed by atoms with Crippen LogP contribution in [0.25, 0.3) is 0 Å². The molecule has 0 amide bonds. The van der Waals surface area contributed by atoms with E-state index in [2.05, 4.69) is 24.1 Å². The van der Waals surface area contributed by atoms with Crippen LogP contribution in [0.1, 0.15) is 31.9 Å². The van der Waals surface area contributed by atoms with Gasteiger partial charge in [-0.05, 0) is 49.2 Å². The van der Waals surface area contributed by atoms with Gasteiger partial charge in [0.2, 0.25) is 0 Å². The molecule has 0 aliphatic rings. The van der Waals surface area contributed by atoms with Crippen molar-refractivity contribution in [3.8, 4) is 5.75 Å². The maximum Gasteiger partial charge on any atom is 0.135 e. The number of benzene rings is 1. The Labute approximate surface area is 132 Å². The maximum atomic E-state index is 8.45. The second-order valence-corrected chi connectivity index (χ2v) is 5.51. The Morgan fingerprint density at radius 3 is 2.59 bits per heavy atom. The fourth-order valence-corrected chi connectivity index (χ4v) is 2.09. The van der Waals surface area contributed by atoms with E-state index in [-0.39, 0.29) is 0 Å². The van der Waals surface area contributed by atoms with Crippen LogP contribution in [0.3, 0.4) is 0 Å². The van der Waals surface area contributed by atoms with Gasteiger partial charge in [0, 0.05) is 23.9 Å². The predicted molar refractivity (Wildman–Crippen MR) is 91.1 cm³/mol. The number of nitrogens with zero attached hydrogens (tertiary/aromatic N) is 1. The first kappa shape index (κ1) is 16.0. The molecule has 0 spiro atoms. The molecule has 2 N–H and O–H groups in total. The third-order valence-corrected chi connectivity index (χ3v) is 3.21. The van der Waals surface area contributed by atoms with Crippen molar-refractivity contribution in [1.82, 2.24) is 4.98 Å². The molecule has 2 rings (SSSR count). The number of pyridine rings is 1. The summed E-state index contributed by atoms with van der Waals surface area (Å²) in [6.07, 6.45) is 1.75. The molecule has 0 atom stereocenters. The first-order valence-corrected chi connectivity index (χ1v) is 7.62. The van der Waals surface area contributed by atoms with Crippen LogP contribution in [0.2, 0.25) is 0 Å². The van der Waals surface area contributed by atoms with Crippen LogP contribution in [0.15, 0.2) is 42.6 Å². The van der Waals surface area contributed by atoms with Crippen molar-refractivity contribution in [2.75, 3.05) is 18.5 Å². The first-order valence-electron chi connectivity index (χ1n) is 7.62. The molecule has 4 heteroatoms. The van der Waals surface area contributed by atoms with Gasteiger partial charge < -0.3 is 10.1 Å². The molecule has 0 radical (unpaired) electrons. The summed E-state index contributed by atoms with van der Waals surface area (Å²) < 4.78 is 5.44. The zero-order valence-corrected chi connectivity index (χ0v) is 13.4. The van der Waals surface area contributed by atoms with E-state index in [9.17, 15) is 0 Å². The Morgan fingerprint density at radius 1 is 1.23 bits per heavy atom. The van der Waals surface area contributed by atoms with E-state index >= 15 is 0 Å². The van der Waals surface area contributed by atoms with Crippen LogP contribution < -0.4 is 10.1 Å². The molecular formula is C18H23N3O. The molecule has 1 aromatic carbocycles. The molecule has 1 aromatic heterocycles. The summed E-state index contributed by atoms with van der Waals surface area (Å²) >= 11 is 0. The van der Waals surface area contributed by atoms with Gasteiger partial charge in [0.25, 0.3) is 0 Å².